The normalized spacial score (nSPS) is 14.3. The van der Waals surface area contributed by atoms with Crippen molar-refractivity contribution in [2.45, 2.75) is 0 Å². The van der Waals surface area contributed by atoms with Crippen molar-refractivity contribution in [2.24, 2.45) is 0 Å². The van der Waals surface area contributed by atoms with Gasteiger partial charge < -0.3 is 15.5 Å². The van der Waals surface area contributed by atoms with Gasteiger partial charge in [-0.2, -0.15) is 0 Å². The van der Waals surface area contributed by atoms with Crippen molar-refractivity contribution in [1.82, 2.24) is 5.32 Å². The molecule has 0 spiro atoms. The van der Waals surface area contributed by atoms with Crippen molar-refractivity contribution < 1.29 is 14.0 Å². The van der Waals surface area contributed by atoms with Gasteiger partial charge in [0.1, 0.15) is 5.82 Å². The second kappa shape index (κ2) is 6.48. The fourth-order valence-corrected chi connectivity index (χ4v) is 2.46. The summed E-state index contributed by atoms with van der Waals surface area (Å²) >= 11 is 0. The Hall–Kier alpha value is -2.89. The number of nitrogens with one attached hydrogen (secondary N) is 2. The molecule has 0 aliphatic carbocycles. The Balaban J connectivity index is 1.69. The number of nitrogens with zero attached hydrogens (tertiary/aromatic N) is 1. The highest BCUT2D eigenvalue weighted by atomic mass is 19.1. The van der Waals surface area contributed by atoms with Crippen LogP contribution in [0.3, 0.4) is 0 Å². The van der Waals surface area contributed by atoms with E-state index in [0.717, 1.165) is 12.2 Å². The molecule has 0 unspecified atom stereocenters. The van der Waals surface area contributed by atoms with E-state index < -0.39 is 11.7 Å². The first-order valence-corrected chi connectivity index (χ1v) is 7.31. The third kappa shape index (κ3) is 3.48. The zero-order valence-corrected chi connectivity index (χ0v) is 12.4. The molecule has 2 aromatic carbocycles. The molecule has 2 N–H and O–H groups in total. The summed E-state index contributed by atoms with van der Waals surface area (Å²) in [5, 5.41) is 5.43. The highest BCUT2D eigenvalue weighted by Gasteiger charge is 2.16. The van der Waals surface area contributed by atoms with Gasteiger partial charge in [0.25, 0.3) is 5.91 Å². The predicted molar refractivity (Wildman–Crippen MR) is 86.0 cm³/mol. The molecule has 0 radical (unpaired) electrons. The van der Waals surface area contributed by atoms with Crippen LogP contribution in [0.5, 0.6) is 0 Å². The van der Waals surface area contributed by atoms with Crippen molar-refractivity contribution in [1.29, 1.82) is 0 Å². The van der Waals surface area contributed by atoms with Crippen molar-refractivity contribution >= 4 is 23.2 Å². The number of hydrogen-bond acceptors (Lipinski definition) is 3. The lowest BCUT2D eigenvalue weighted by molar-refractivity contribution is -0.120. The van der Waals surface area contributed by atoms with E-state index in [4.69, 9.17) is 0 Å². The number of amides is 2. The maximum Gasteiger partial charge on any atom is 0.258 e. The van der Waals surface area contributed by atoms with Crippen LogP contribution >= 0.6 is 0 Å². The Kier molecular flexibility index (Phi) is 4.23. The van der Waals surface area contributed by atoms with E-state index in [0.29, 0.717) is 18.8 Å². The third-order valence-electron chi connectivity index (χ3n) is 3.65. The van der Waals surface area contributed by atoms with Crippen LogP contribution in [0.4, 0.5) is 15.8 Å². The summed E-state index contributed by atoms with van der Waals surface area (Å²) in [6.45, 7) is 1.68. The van der Waals surface area contributed by atoms with Crippen molar-refractivity contribution in [3.63, 3.8) is 0 Å². The molecule has 0 bridgehead atoms. The molecule has 6 heteroatoms. The fraction of sp³-hybridized carbons (Fsp3) is 0.176. The van der Waals surface area contributed by atoms with E-state index in [1.165, 1.54) is 18.2 Å². The van der Waals surface area contributed by atoms with Crippen LogP contribution in [0.25, 0.3) is 0 Å². The van der Waals surface area contributed by atoms with Crippen molar-refractivity contribution in [3.8, 4) is 0 Å². The molecule has 1 heterocycles. The molecule has 1 aliphatic rings. The van der Waals surface area contributed by atoms with Gasteiger partial charge in [0.15, 0.2) is 0 Å². The van der Waals surface area contributed by atoms with Gasteiger partial charge in [-0.3, -0.25) is 9.59 Å². The van der Waals surface area contributed by atoms with Crippen LogP contribution in [-0.2, 0) is 4.79 Å². The van der Waals surface area contributed by atoms with E-state index >= 15 is 0 Å². The summed E-state index contributed by atoms with van der Waals surface area (Å²) in [5.41, 5.74) is 1.48. The first kappa shape index (κ1) is 15.0. The fourth-order valence-electron chi connectivity index (χ4n) is 2.46. The SMILES string of the molecule is O=C1CN(c2ccc(NC(=O)c3ccccc3F)cc2)CCN1. The van der Waals surface area contributed by atoms with Gasteiger partial charge in [0.05, 0.1) is 12.1 Å². The number of carbonyl (C=O) groups is 2. The Bertz CT molecular complexity index is 731. The topological polar surface area (TPSA) is 61.4 Å². The van der Waals surface area contributed by atoms with Crippen LogP contribution < -0.4 is 15.5 Å². The molecule has 1 saturated heterocycles. The Labute approximate surface area is 133 Å². The van der Waals surface area contributed by atoms with Crippen molar-refractivity contribution in [3.05, 3.63) is 59.9 Å². The number of carbonyl (C=O) groups excluding carboxylic acids is 2. The molecular formula is C17H16FN3O2. The molecule has 1 aliphatic heterocycles. The number of rotatable bonds is 3. The molecule has 3 rings (SSSR count). The van der Waals surface area contributed by atoms with Crippen LogP contribution in [0.1, 0.15) is 10.4 Å². The summed E-state index contributed by atoms with van der Waals surface area (Å²) in [4.78, 5) is 25.4. The Morgan fingerprint density at radius 3 is 2.57 bits per heavy atom. The van der Waals surface area contributed by atoms with Crippen LogP contribution in [-0.4, -0.2) is 31.4 Å². The van der Waals surface area contributed by atoms with Gasteiger partial charge >= 0.3 is 0 Å². The minimum atomic E-state index is -0.555. The zero-order valence-electron chi connectivity index (χ0n) is 12.4. The zero-order chi connectivity index (χ0) is 16.2. The molecule has 5 nitrogen and oxygen atoms in total. The average molecular weight is 313 g/mol. The minimum absolute atomic E-state index is 0.00396. The van der Waals surface area contributed by atoms with Crippen molar-refractivity contribution in [2.75, 3.05) is 29.9 Å². The van der Waals surface area contributed by atoms with Crippen LogP contribution in [0.2, 0.25) is 0 Å². The number of benzene rings is 2. The van der Waals surface area contributed by atoms with E-state index in [1.54, 1.807) is 18.2 Å². The number of halogens is 1. The van der Waals surface area contributed by atoms with Gasteiger partial charge in [-0.15, -0.1) is 0 Å². The molecule has 2 amide bonds. The number of piperazine rings is 1. The lowest BCUT2D eigenvalue weighted by Crippen LogP contribution is -2.47. The third-order valence-corrected chi connectivity index (χ3v) is 3.65. The summed E-state index contributed by atoms with van der Waals surface area (Å²) in [7, 11) is 0. The standard InChI is InChI=1S/C17H16FN3O2/c18-15-4-2-1-3-14(15)17(23)20-12-5-7-13(8-6-12)21-10-9-19-16(22)11-21/h1-8H,9-11H2,(H,19,22)(H,20,23). The molecule has 118 valence electrons. The molecule has 0 saturated carbocycles. The molecular weight excluding hydrogens is 297 g/mol. The summed E-state index contributed by atoms with van der Waals surface area (Å²) in [6, 6.07) is 13.0. The smallest absolute Gasteiger partial charge is 0.258 e. The maximum atomic E-state index is 13.6. The Morgan fingerprint density at radius 2 is 1.87 bits per heavy atom. The molecule has 0 aromatic heterocycles. The van der Waals surface area contributed by atoms with Gasteiger partial charge in [0, 0.05) is 24.5 Å². The lowest BCUT2D eigenvalue weighted by atomic mass is 10.2. The van der Waals surface area contributed by atoms with Gasteiger partial charge in [-0.05, 0) is 36.4 Å². The molecule has 2 aromatic rings. The van der Waals surface area contributed by atoms with E-state index in [1.807, 2.05) is 17.0 Å². The first-order valence-electron chi connectivity index (χ1n) is 7.31. The molecule has 0 atom stereocenters. The lowest BCUT2D eigenvalue weighted by Gasteiger charge is -2.28. The van der Waals surface area contributed by atoms with Gasteiger partial charge in [-0.1, -0.05) is 12.1 Å². The summed E-state index contributed by atoms with van der Waals surface area (Å²) in [5.74, 6) is -1.05. The van der Waals surface area contributed by atoms with E-state index in [9.17, 15) is 14.0 Å². The number of anilines is 2. The van der Waals surface area contributed by atoms with Crippen LogP contribution in [0, 0.1) is 5.82 Å². The molecule has 23 heavy (non-hydrogen) atoms. The Morgan fingerprint density at radius 1 is 1.13 bits per heavy atom. The predicted octanol–water partition coefficient (Wildman–Crippen LogP) is 2.01. The largest absolute Gasteiger partial charge is 0.360 e. The maximum absolute atomic E-state index is 13.6. The second-order valence-corrected chi connectivity index (χ2v) is 5.25. The quantitative estimate of drug-likeness (QED) is 0.911. The highest BCUT2D eigenvalue weighted by molar-refractivity contribution is 6.04. The number of hydrogen-bond donors (Lipinski definition) is 2. The second-order valence-electron chi connectivity index (χ2n) is 5.25. The minimum Gasteiger partial charge on any atom is -0.360 e. The monoisotopic (exact) mass is 313 g/mol. The van der Waals surface area contributed by atoms with E-state index in [-0.39, 0.29) is 11.5 Å². The summed E-state index contributed by atoms with van der Waals surface area (Å²) in [6.07, 6.45) is 0. The first-order chi connectivity index (χ1) is 11.1. The van der Waals surface area contributed by atoms with Crippen LogP contribution in [0.15, 0.2) is 48.5 Å². The highest BCUT2D eigenvalue weighted by Crippen LogP contribution is 2.19. The summed E-state index contributed by atoms with van der Waals surface area (Å²) < 4.78 is 13.6. The van der Waals surface area contributed by atoms with Gasteiger partial charge in [-0.25, -0.2) is 4.39 Å². The average Bonchev–Trinajstić information content (AvgIpc) is 2.56. The van der Waals surface area contributed by atoms with Gasteiger partial charge in [0.2, 0.25) is 5.91 Å². The molecule has 1 fully saturated rings. The van der Waals surface area contributed by atoms with E-state index in [2.05, 4.69) is 10.6 Å².